The summed E-state index contributed by atoms with van der Waals surface area (Å²) in [5, 5.41) is 12.0. The van der Waals surface area contributed by atoms with Crippen LogP contribution in [0.25, 0.3) is 0 Å². The van der Waals surface area contributed by atoms with E-state index in [0.29, 0.717) is 17.8 Å². The summed E-state index contributed by atoms with van der Waals surface area (Å²) in [5.41, 5.74) is -0.295. The molecule has 5 heteroatoms. The van der Waals surface area contributed by atoms with Gasteiger partial charge in [0.25, 0.3) is 0 Å². The third-order valence-corrected chi connectivity index (χ3v) is 5.49. The van der Waals surface area contributed by atoms with Gasteiger partial charge >= 0.3 is 5.97 Å². The van der Waals surface area contributed by atoms with Gasteiger partial charge in [-0.15, -0.1) is 0 Å². The Balaban J connectivity index is 1.72. The van der Waals surface area contributed by atoms with Crippen LogP contribution in [0.2, 0.25) is 0 Å². The maximum atomic E-state index is 12.7. The van der Waals surface area contributed by atoms with Crippen molar-refractivity contribution in [3.05, 3.63) is 0 Å². The molecule has 0 aromatic carbocycles. The fraction of sp³-hybridized carbons (Fsp3) is 0.867. The normalized spacial score (nSPS) is 39.4. The number of aliphatic hydroxyl groups excluding tert-OH is 1. The average Bonchev–Trinajstić information content (AvgIpc) is 2.42. The van der Waals surface area contributed by atoms with Crippen molar-refractivity contribution in [3.63, 3.8) is 0 Å². The second-order valence-electron chi connectivity index (χ2n) is 6.93. The maximum Gasteiger partial charge on any atom is 0.330 e. The molecule has 0 aliphatic heterocycles. The number of carbonyl (C=O) groups is 2. The summed E-state index contributed by atoms with van der Waals surface area (Å²) in [6.07, 6.45) is 6.66. The summed E-state index contributed by atoms with van der Waals surface area (Å²) in [7, 11) is 1.27. The molecule has 1 amide bonds. The van der Waals surface area contributed by atoms with Crippen LogP contribution in [0.15, 0.2) is 0 Å². The van der Waals surface area contributed by atoms with Crippen molar-refractivity contribution >= 4 is 11.9 Å². The molecule has 20 heavy (non-hydrogen) atoms. The first-order chi connectivity index (χ1) is 9.56. The zero-order valence-corrected chi connectivity index (χ0v) is 11.9. The number of hydrogen-bond donors (Lipinski definition) is 2. The number of methoxy groups -OCH3 is 1. The topological polar surface area (TPSA) is 75.6 Å². The van der Waals surface area contributed by atoms with Gasteiger partial charge in [0.1, 0.15) is 0 Å². The van der Waals surface area contributed by atoms with Crippen molar-refractivity contribution in [1.82, 2.24) is 5.32 Å². The van der Waals surface area contributed by atoms with E-state index in [-0.39, 0.29) is 11.3 Å². The molecule has 112 valence electrons. The van der Waals surface area contributed by atoms with Gasteiger partial charge in [-0.25, -0.2) is 4.79 Å². The zero-order valence-electron chi connectivity index (χ0n) is 11.9. The van der Waals surface area contributed by atoms with Gasteiger partial charge in [-0.05, 0) is 56.3 Å². The molecule has 4 bridgehead atoms. The molecule has 4 rings (SSSR count). The van der Waals surface area contributed by atoms with Crippen LogP contribution in [0.5, 0.6) is 0 Å². The van der Waals surface area contributed by atoms with Gasteiger partial charge in [0, 0.05) is 5.41 Å². The van der Waals surface area contributed by atoms with Crippen molar-refractivity contribution in [2.24, 2.45) is 23.2 Å². The van der Waals surface area contributed by atoms with Crippen molar-refractivity contribution in [3.8, 4) is 0 Å². The van der Waals surface area contributed by atoms with Crippen LogP contribution in [0.3, 0.4) is 0 Å². The molecule has 4 aliphatic carbocycles. The second kappa shape index (κ2) is 5.02. The number of aliphatic hydroxyl groups is 1. The molecule has 4 aliphatic rings. The van der Waals surface area contributed by atoms with Crippen molar-refractivity contribution in [1.29, 1.82) is 0 Å². The quantitative estimate of drug-likeness (QED) is 0.749. The Bertz CT molecular complexity index is 385. The van der Waals surface area contributed by atoms with Crippen molar-refractivity contribution in [2.45, 2.75) is 44.6 Å². The van der Waals surface area contributed by atoms with Gasteiger partial charge in [0.2, 0.25) is 5.91 Å². The maximum absolute atomic E-state index is 12.7. The van der Waals surface area contributed by atoms with Crippen molar-refractivity contribution in [2.75, 3.05) is 13.7 Å². The molecule has 1 atom stereocenters. The lowest BCUT2D eigenvalue weighted by Crippen LogP contribution is -2.57. The van der Waals surface area contributed by atoms with Gasteiger partial charge in [0.15, 0.2) is 6.04 Å². The SMILES string of the molecule is COC(=O)[C@H](CO)NC(=O)C12CC3CC(CC(C3)C1)C2. The standard InChI is InChI=1S/C15H23NO4/c1-20-13(18)12(8-17)16-14(19)15-5-9-2-10(6-15)4-11(3-9)7-15/h9-12,17H,2-8H2,1H3,(H,16,19)/t9?,10?,11?,12-,15?/m0/s1. The summed E-state index contributed by atoms with van der Waals surface area (Å²) in [5.74, 6) is 1.40. The predicted octanol–water partition coefficient (Wildman–Crippen LogP) is 0.853. The van der Waals surface area contributed by atoms with Crippen LogP contribution in [-0.2, 0) is 14.3 Å². The first-order valence-corrected chi connectivity index (χ1v) is 7.56. The van der Waals surface area contributed by atoms with Gasteiger partial charge < -0.3 is 15.2 Å². The van der Waals surface area contributed by atoms with Crippen LogP contribution < -0.4 is 5.32 Å². The van der Waals surface area contributed by atoms with Crippen LogP contribution in [0, 0.1) is 23.2 Å². The Kier molecular flexibility index (Phi) is 3.48. The first kappa shape index (κ1) is 13.9. The van der Waals surface area contributed by atoms with Gasteiger partial charge in [-0.3, -0.25) is 4.79 Å². The largest absolute Gasteiger partial charge is 0.467 e. The molecule has 4 saturated carbocycles. The van der Waals surface area contributed by atoms with Crippen LogP contribution >= 0.6 is 0 Å². The minimum atomic E-state index is -0.930. The molecule has 0 unspecified atom stereocenters. The minimum Gasteiger partial charge on any atom is -0.467 e. The zero-order chi connectivity index (χ0) is 14.3. The number of carbonyl (C=O) groups excluding carboxylic acids is 2. The van der Waals surface area contributed by atoms with Crippen LogP contribution in [-0.4, -0.2) is 36.7 Å². The molecule has 0 heterocycles. The summed E-state index contributed by atoms with van der Waals surface area (Å²) >= 11 is 0. The summed E-state index contributed by atoms with van der Waals surface area (Å²) in [4.78, 5) is 24.2. The van der Waals surface area contributed by atoms with Gasteiger partial charge in [0.05, 0.1) is 13.7 Å². The van der Waals surface area contributed by atoms with Crippen molar-refractivity contribution < 1.29 is 19.4 Å². The predicted molar refractivity (Wildman–Crippen MR) is 71.6 cm³/mol. The van der Waals surface area contributed by atoms with Gasteiger partial charge in [-0.1, -0.05) is 0 Å². The summed E-state index contributed by atoms with van der Waals surface area (Å²) in [6.45, 7) is -0.412. The highest BCUT2D eigenvalue weighted by molar-refractivity contribution is 5.88. The molecule has 0 spiro atoms. The summed E-state index contributed by atoms with van der Waals surface area (Å²) < 4.78 is 4.61. The molecule has 0 radical (unpaired) electrons. The summed E-state index contributed by atoms with van der Waals surface area (Å²) in [6, 6.07) is -0.930. The third-order valence-electron chi connectivity index (χ3n) is 5.49. The number of hydrogen-bond acceptors (Lipinski definition) is 4. The van der Waals surface area contributed by atoms with E-state index < -0.39 is 18.6 Å². The van der Waals surface area contributed by atoms with E-state index in [0.717, 1.165) is 19.3 Å². The molecule has 2 N–H and O–H groups in total. The highest BCUT2D eigenvalue weighted by Gasteiger charge is 2.54. The second-order valence-corrected chi connectivity index (χ2v) is 6.93. The van der Waals surface area contributed by atoms with Crippen LogP contribution in [0.1, 0.15) is 38.5 Å². The molecule has 4 fully saturated rings. The Morgan fingerprint density at radius 3 is 2.10 bits per heavy atom. The third kappa shape index (κ3) is 2.22. The molecule has 5 nitrogen and oxygen atoms in total. The Labute approximate surface area is 119 Å². The fourth-order valence-electron chi connectivity index (χ4n) is 5.02. The monoisotopic (exact) mass is 281 g/mol. The average molecular weight is 281 g/mol. The first-order valence-electron chi connectivity index (χ1n) is 7.56. The smallest absolute Gasteiger partial charge is 0.330 e. The fourth-order valence-corrected chi connectivity index (χ4v) is 5.02. The molecule has 0 saturated heterocycles. The van der Waals surface area contributed by atoms with E-state index in [2.05, 4.69) is 10.1 Å². The molecule has 0 aromatic heterocycles. The molecule has 0 aromatic rings. The Morgan fingerprint density at radius 1 is 1.20 bits per heavy atom. The lowest BCUT2D eigenvalue weighted by molar-refractivity contribution is -0.153. The Hall–Kier alpha value is -1.10. The minimum absolute atomic E-state index is 0.0546. The lowest BCUT2D eigenvalue weighted by Gasteiger charge is -2.55. The highest BCUT2D eigenvalue weighted by atomic mass is 16.5. The number of amides is 1. The highest BCUT2D eigenvalue weighted by Crippen LogP contribution is 2.60. The van der Waals surface area contributed by atoms with E-state index in [1.807, 2.05) is 0 Å². The number of ether oxygens (including phenoxy) is 1. The molecular weight excluding hydrogens is 258 g/mol. The number of nitrogens with one attached hydrogen (secondary N) is 1. The van der Waals surface area contributed by atoms with Gasteiger partial charge in [-0.2, -0.15) is 0 Å². The number of esters is 1. The van der Waals surface area contributed by atoms with Crippen LogP contribution in [0.4, 0.5) is 0 Å². The molecular formula is C15H23NO4. The lowest BCUT2D eigenvalue weighted by atomic mass is 9.49. The van der Waals surface area contributed by atoms with E-state index in [1.165, 1.54) is 26.4 Å². The Morgan fingerprint density at radius 2 is 1.70 bits per heavy atom. The number of rotatable bonds is 4. The van der Waals surface area contributed by atoms with E-state index >= 15 is 0 Å². The van der Waals surface area contributed by atoms with E-state index in [9.17, 15) is 14.7 Å². The van der Waals surface area contributed by atoms with E-state index in [1.54, 1.807) is 0 Å². The van der Waals surface area contributed by atoms with E-state index in [4.69, 9.17) is 0 Å².